The van der Waals surface area contributed by atoms with Gasteiger partial charge in [0, 0.05) is 45.0 Å². The molecule has 2 aromatic carbocycles. The van der Waals surface area contributed by atoms with E-state index in [0.717, 1.165) is 38.3 Å². The Bertz CT molecular complexity index is 726. The summed E-state index contributed by atoms with van der Waals surface area (Å²) in [7, 11) is 0. The van der Waals surface area contributed by atoms with Crippen molar-refractivity contribution >= 4 is 11.7 Å². The van der Waals surface area contributed by atoms with Crippen LogP contribution < -0.4 is 15.5 Å². The molecule has 0 saturated carbocycles. The summed E-state index contributed by atoms with van der Waals surface area (Å²) in [5.74, 6) is 0. The van der Waals surface area contributed by atoms with Crippen molar-refractivity contribution in [2.24, 2.45) is 0 Å². The smallest absolute Gasteiger partial charge is 0.315 e. The van der Waals surface area contributed by atoms with E-state index in [2.05, 4.69) is 51.6 Å². The third-order valence-corrected chi connectivity index (χ3v) is 5.10. The highest BCUT2D eigenvalue weighted by Gasteiger charge is 2.17. The van der Waals surface area contributed by atoms with Crippen LogP contribution >= 0.6 is 0 Å². The van der Waals surface area contributed by atoms with Crippen LogP contribution in [0.3, 0.4) is 0 Å². The maximum atomic E-state index is 12.1. The Balaban J connectivity index is 1.35. The molecule has 1 atom stereocenters. The molecule has 2 amide bonds. The molecule has 2 N–H and O–H groups in total. The summed E-state index contributed by atoms with van der Waals surface area (Å²) in [5.41, 5.74) is 3.72. The van der Waals surface area contributed by atoms with E-state index in [-0.39, 0.29) is 12.1 Å². The van der Waals surface area contributed by atoms with Gasteiger partial charge in [-0.05, 0) is 37.1 Å². The van der Waals surface area contributed by atoms with Gasteiger partial charge in [-0.25, -0.2) is 4.79 Å². The zero-order valence-corrected chi connectivity index (χ0v) is 16.3. The van der Waals surface area contributed by atoms with E-state index in [1.807, 2.05) is 37.3 Å². The van der Waals surface area contributed by atoms with Crippen molar-refractivity contribution in [2.75, 3.05) is 44.2 Å². The van der Waals surface area contributed by atoms with Crippen LogP contribution in [-0.4, -0.2) is 50.2 Å². The normalized spacial score (nSPS) is 16.0. The first kappa shape index (κ1) is 19.2. The van der Waals surface area contributed by atoms with Crippen LogP contribution in [0, 0.1) is 6.92 Å². The first-order chi connectivity index (χ1) is 13.1. The molecule has 3 rings (SSSR count). The van der Waals surface area contributed by atoms with Gasteiger partial charge in [0.05, 0.1) is 6.04 Å². The maximum absolute atomic E-state index is 12.1. The number of piperazine rings is 1. The van der Waals surface area contributed by atoms with E-state index in [9.17, 15) is 4.79 Å². The van der Waals surface area contributed by atoms with E-state index in [0.29, 0.717) is 6.54 Å². The molecule has 2 aromatic rings. The number of rotatable bonds is 6. The Morgan fingerprint density at radius 2 is 1.78 bits per heavy atom. The van der Waals surface area contributed by atoms with Crippen LogP contribution in [0.15, 0.2) is 54.6 Å². The Labute approximate surface area is 162 Å². The largest absolute Gasteiger partial charge is 0.369 e. The van der Waals surface area contributed by atoms with Gasteiger partial charge in [-0.3, -0.25) is 4.90 Å². The Hall–Kier alpha value is -2.53. The monoisotopic (exact) mass is 366 g/mol. The minimum Gasteiger partial charge on any atom is -0.369 e. The molecule has 1 aliphatic heterocycles. The van der Waals surface area contributed by atoms with Crippen LogP contribution in [0.2, 0.25) is 0 Å². The van der Waals surface area contributed by atoms with Gasteiger partial charge in [0.1, 0.15) is 0 Å². The minimum atomic E-state index is -0.107. The average Bonchev–Trinajstić information content (AvgIpc) is 2.69. The molecule has 1 fully saturated rings. The number of aryl methyl sites for hydroxylation is 1. The number of nitrogens with zero attached hydrogens (tertiary/aromatic N) is 2. The van der Waals surface area contributed by atoms with Crippen molar-refractivity contribution in [3.8, 4) is 0 Å². The molecular weight excluding hydrogens is 336 g/mol. The Morgan fingerprint density at radius 1 is 1.04 bits per heavy atom. The molecule has 1 heterocycles. The highest BCUT2D eigenvalue weighted by Crippen LogP contribution is 2.17. The van der Waals surface area contributed by atoms with Crippen molar-refractivity contribution < 1.29 is 4.79 Å². The molecule has 5 heteroatoms. The topological polar surface area (TPSA) is 47.6 Å². The summed E-state index contributed by atoms with van der Waals surface area (Å²) in [5, 5.41) is 5.97. The predicted molar refractivity (Wildman–Crippen MR) is 111 cm³/mol. The number of hydrogen-bond acceptors (Lipinski definition) is 3. The summed E-state index contributed by atoms with van der Waals surface area (Å²) < 4.78 is 0. The lowest BCUT2D eigenvalue weighted by atomic mass is 10.1. The fraction of sp³-hybridized carbons (Fsp3) is 0.409. The first-order valence-corrected chi connectivity index (χ1v) is 9.75. The van der Waals surface area contributed by atoms with Gasteiger partial charge in [0.25, 0.3) is 0 Å². The van der Waals surface area contributed by atoms with Gasteiger partial charge in [0.15, 0.2) is 0 Å². The van der Waals surface area contributed by atoms with Crippen LogP contribution in [0.5, 0.6) is 0 Å². The standard InChI is InChI=1S/C22H30N4O/c1-18-7-6-10-21(17-18)26-15-13-25(14-16-26)12-11-23-22(27)24-19(2)20-8-4-3-5-9-20/h3-10,17,19H,11-16H2,1-2H3,(H2,23,24,27)/t19-/m0/s1. The van der Waals surface area contributed by atoms with Crippen molar-refractivity contribution in [1.29, 1.82) is 0 Å². The van der Waals surface area contributed by atoms with Gasteiger partial charge in [-0.1, -0.05) is 42.5 Å². The quantitative estimate of drug-likeness (QED) is 0.825. The van der Waals surface area contributed by atoms with Gasteiger partial charge in [0.2, 0.25) is 0 Å². The van der Waals surface area contributed by atoms with E-state index in [1.165, 1.54) is 11.3 Å². The first-order valence-electron chi connectivity index (χ1n) is 9.75. The summed E-state index contributed by atoms with van der Waals surface area (Å²) in [6.07, 6.45) is 0. The molecule has 0 unspecified atom stereocenters. The molecule has 0 bridgehead atoms. The fourth-order valence-electron chi connectivity index (χ4n) is 3.45. The van der Waals surface area contributed by atoms with Crippen molar-refractivity contribution in [3.05, 3.63) is 65.7 Å². The number of carbonyl (C=O) groups excluding carboxylic acids is 1. The second-order valence-corrected chi connectivity index (χ2v) is 7.20. The second-order valence-electron chi connectivity index (χ2n) is 7.20. The summed E-state index contributed by atoms with van der Waals surface area (Å²) in [6, 6.07) is 18.6. The molecule has 144 valence electrons. The van der Waals surface area contributed by atoms with Crippen LogP contribution in [0.4, 0.5) is 10.5 Å². The molecule has 0 aromatic heterocycles. The average molecular weight is 367 g/mol. The number of urea groups is 1. The van der Waals surface area contributed by atoms with Gasteiger partial charge in [-0.2, -0.15) is 0 Å². The highest BCUT2D eigenvalue weighted by molar-refractivity contribution is 5.74. The fourth-order valence-corrected chi connectivity index (χ4v) is 3.45. The van der Waals surface area contributed by atoms with E-state index in [1.54, 1.807) is 0 Å². The molecule has 0 spiro atoms. The number of anilines is 1. The third-order valence-electron chi connectivity index (χ3n) is 5.10. The van der Waals surface area contributed by atoms with E-state index >= 15 is 0 Å². The second kappa shape index (κ2) is 9.42. The number of amides is 2. The van der Waals surface area contributed by atoms with Gasteiger partial charge >= 0.3 is 6.03 Å². The van der Waals surface area contributed by atoms with Crippen LogP contribution in [0.25, 0.3) is 0 Å². The SMILES string of the molecule is Cc1cccc(N2CCN(CCNC(=O)N[C@@H](C)c3ccccc3)CC2)c1. The van der Waals surface area contributed by atoms with Crippen molar-refractivity contribution in [2.45, 2.75) is 19.9 Å². The molecule has 0 aliphatic carbocycles. The molecule has 5 nitrogen and oxygen atoms in total. The zero-order chi connectivity index (χ0) is 19.1. The van der Waals surface area contributed by atoms with E-state index < -0.39 is 0 Å². The lowest BCUT2D eigenvalue weighted by Crippen LogP contribution is -2.49. The number of hydrogen-bond donors (Lipinski definition) is 2. The Morgan fingerprint density at radius 3 is 2.48 bits per heavy atom. The van der Waals surface area contributed by atoms with Crippen molar-refractivity contribution in [3.63, 3.8) is 0 Å². The number of nitrogens with one attached hydrogen (secondary N) is 2. The summed E-state index contributed by atoms with van der Waals surface area (Å²) >= 11 is 0. The highest BCUT2D eigenvalue weighted by atomic mass is 16.2. The predicted octanol–water partition coefficient (Wildman–Crippen LogP) is 3.18. The summed E-state index contributed by atoms with van der Waals surface area (Å²) in [4.78, 5) is 16.9. The zero-order valence-electron chi connectivity index (χ0n) is 16.3. The van der Waals surface area contributed by atoms with Crippen LogP contribution in [0.1, 0.15) is 24.1 Å². The molecule has 0 radical (unpaired) electrons. The molecule has 1 saturated heterocycles. The lowest BCUT2D eigenvalue weighted by Gasteiger charge is -2.36. The minimum absolute atomic E-state index is 0.00377. The lowest BCUT2D eigenvalue weighted by molar-refractivity contribution is 0.229. The Kier molecular flexibility index (Phi) is 6.71. The van der Waals surface area contributed by atoms with Crippen molar-refractivity contribution in [1.82, 2.24) is 15.5 Å². The number of benzene rings is 2. The maximum Gasteiger partial charge on any atom is 0.315 e. The van der Waals surface area contributed by atoms with Gasteiger partial charge < -0.3 is 15.5 Å². The summed E-state index contributed by atoms with van der Waals surface area (Å²) in [6.45, 7) is 9.79. The van der Waals surface area contributed by atoms with E-state index in [4.69, 9.17) is 0 Å². The molecular formula is C22H30N4O. The number of carbonyl (C=O) groups is 1. The molecule has 1 aliphatic rings. The van der Waals surface area contributed by atoms with Crippen LogP contribution in [-0.2, 0) is 0 Å². The van der Waals surface area contributed by atoms with Gasteiger partial charge in [-0.15, -0.1) is 0 Å². The third kappa shape index (κ3) is 5.73. The molecule has 27 heavy (non-hydrogen) atoms.